The van der Waals surface area contributed by atoms with E-state index in [-0.39, 0.29) is 32.0 Å². The van der Waals surface area contributed by atoms with Crippen molar-refractivity contribution in [2.45, 2.75) is 0 Å². The zero-order valence-corrected chi connectivity index (χ0v) is 20.5. The average Bonchev–Trinajstić information content (AvgIpc) is 3.14. The number of imide groups is 1. The Bertz CT molecular complexity index is 1490. The van der Waals surface area contributed by atoms with Gasteiger partial charge in [0, 0.05) is 12.1 Å². The molecular weight excluding hydrogens is 549 g/mol. The summed E-state index contributed by atoms with van der Waals surface area (Å²) < 4.78 is 5.17. The summed E-state index contributed by atoms with van der Waals surface area (Å²) >= 11 is 12.6. The number of anilines is 1. The Morgan fingerprint density at radius 3 is 2.08 bits per heavy atom. The van der Waals surface area contributed by atoms with Crippen molar-refractivity contribution in [3.05, 3.63) is 107 Å². The number of rotatable bonds is 6. The van der Waals surface area contributed by atoms with Gasteiger partial charge in [-0.25, -0.2) is 9.69 Å². The van der Waals surface area contributed by atoms with Crippen molar-refractivity contribution in [2.75, 3.05) is 4.90 Å². The molecule has 0 N–H and O–H groups in total. The number of esters is 1. The highest BCUT2D eigenvalue weighted by Gasteiger charge is 2.36. The average molecular weight is 560 g/mol. The van der Waals surface area contributed by atoms with Gasteiger partial charge in [-0.15, -0.1) is 0 Å². The molecule has 0 atom stereocenters. The van der Waals surface area contributed by atoms with Gasteiger partial charge in [0.25, 0.3) is 22.5 Å². The highest BCUT2D eigenvalue weighted by molar-refractivity contribution is 8.19. The first-order valence-corrected chi connectivity index (χ1v) is 11.6. The molecule has 1 fully saturated rings. The van der Waals surface area contributed by atoms with Crippen molar-refractivity contribution in [1.82, 2.24) is 0 Å². The Morgan fingerprint density at radius 1 is 0.892 bits per heavy atom. The summed E-state index contributed by atoms with van der Waals surface area (Å²) in [6, 6.07) is 12.6. The van der Waals surface area contributed by atoms with Crippen LogP contribution in [0.3, 0.4) is 0 Å². The first-order chi connectivity index (χ1) is 17.5. The van der Waals surface area contributed by atoms with Crippen LogP contribution < -0.4 is 9.64 Å². The van der Waals surface area contributed by atoms with E-state index >= 15 is 0 Å². The summed E-state index contributed by atoms with van der Waals surface area (Å²) in [5.41, 5.74) is -0.868. The number of hydrogen-bond donors (Lipinski definition) is 0. The lowest BCUT2D eigenvalue weighted by atomic mass is 10.1. The lowest BCUT2D eigenvalue weighted by Gasteiger charge is -2.13. The third kappa shape index (κ3) is 5.61. The molecule has 1 aliphatic heterocycles. The number of non-ortho nitro benzene ring substituents is 2. The summed E-state index contributed by atoms with van der Waals surface area (Å²) in [6.45, 7) is 0. The summed E-state index contributed by atoms with van der Waals surface area (Å²) in [5.74, 6) is -1.56. The van der Waals surface area contributed by atoms with Crippen LogP contribution in [0.4, 0.5) is 21.9 Å². The number of thioether (sulfide) groups is 1. The van der Waals surface area contributed by atoms with E-state index in [4.69, 9.17) is 27.9 Å². The lowest BCUT2D eigenvalue weighted by molar-refractivity contribution is -0.394. The molecule has 0 radical (unpaired) electrons. The van der Waals surface area contributed by atoms with Gasteiger partial charge in [0.2, 0.25) is 0 Å². The van der Waals surface area contributed by atoms with Crippen LogP contribution in [-0.2, 0) is 4.79 Å². The maximum Gasteiger partial charge on any atom is 0.344 e. The molecule has 11 nitrogen and oxygen atoms in total. The van der Waals surface area contributed by atoms with Crippen LogP contribution in [0.15, 0.2) is 65.6 Å². The van der Waals surface area contributed by atoms with Crippen LogP contribution in [0.1, 0.15) is 15.9 Å². The standard InChI is InChI=1S/C23H11Cl2N3O8S/c24-18-6-3-14(11-19(18)25)26-21(29)20(37-23(26)31)7-12-1-4-17(5-2-12)36-22(30)13-8-15(27(32)33)10-16(9-13)28(34)35/h1-11H/b20-7-. The van der Waals surface area contributed by atoms with Gasteiger partial charge in [-0.3, -0.25) is 29.8 Å². The molecular formula is C23H11Cl2N3O8S. The number of carbonyl (C=O) groups excluding carboxylic acids is 3. The Kier molecular flexibility index (Phi) is 7.25. The summed E-state index contributed by atoms with van der Waals surface area (Å²) in [6.07, 6.45) is 1.47. The van der Waals surface area contributed by atoms with Gasteiger partial charge >= 0.3 is 5.97 Å². The number of amides is 2. The Morgan fingerprint density at radius 2 is 1.51 bits per heavy atom. The second-order valence-corrected chi connectivity index (χ2v) is 9.13. The van der Waals surface area contributed by atoms with Crippen molar-refractivity contribution in [2.24, 2.45) is 0 Å². The molecule has 0 saturated carbocycles. The van der Waals surface area contributed by atoms with Gasteiger partial charge in [0.05, 0.1) is 42.1 Å². The van der Waals surface area contributed by atoms with Gasteiger partial charge in [-0.1, -0.05) is 35.3 Å². The smallest absolute Gasteiger partial charge is 0.344 e. The van der Waals surface area contributed by atoms with E-state index in [2.05, 4.69) is 0 Å². The van der Waals surface area contributed by atoms with E-state index in [9.17, 15) is 34.6 Å². The molecule has 0 bridgehead atoms. The number of nitro benzene ring substituents is 2. The topological polar surface area (TPSA) is 150 Å². The van der Waals surface area contributed by atoms with Crippen molar-refractivity contribution in [1.29, 1.82) is 0 Å². The van der Waals surface area contributed by atoms with Crippen molar-refractivity contribution in [3.8, 4) is 5.75 Å². The van der Waals surface area contributed by atoms with Gasteiger partial charge < -0.3 is 4.74 Å². The Labute approximate surface area is 221 Å². The third-order valence-corrected chi connectivity index (χ3v) is 6.51. The van der Waals surface area contributed by atoms with Crippen LogP contribution in [0, 0.1) is 20.2 Å². The monoisotopic (exact) mass is 559 g/mol. The van der Waals surface area contributed by atoms with E-state index in [0.29, 0.717) is 5.56 Å². The zero-order chi connectivity index (χ0) is 26.9. The highest BCUT2D eigenvalue weighted by Crippen LogP contribution is 2.37. The molecule has 37 heavy (non-hydrogen) atoms. The van der Waals surface area contributed by atoms with Crippen LogP contribution in [0.5, 0.6) is 5.75 Å². The molecule has 14 heteroatoms. The van der Waals surface area contributed by atoms with E-state index in [1.165, 1.54) is 48.5 Å². The van der Waals surface area contributed by atoms with Gasteiger partial charge in [-0.2, -0.15) is 0 Å². The Hall–Kier alpha value is -4.26. The number of nitrogens with zero attached hydrogens (tertiary/aromatic N) is 3. The number of benzene rings is 3. The predicted molar refractivity (Wildman–Crippen MR) is 136 cm³/mol. The molecule has 0 unspecified atom stereocenters. The normalized spacial score (nSPS) is 14.2. The first kappa shape index (κ1) is 25.8. The third-order valence-electron chi connectivity index (χ3n) is 4.90. The van der Waals surface area contributed by atoms with Crippen molar-refractivity contribution < 1.29 is 29.0 Å². The maximum atomic E-state index is 12.8. The van der Waals surface area contributed by atoms with E-state index in [0.717, 1.165) is 34.9 Å². The second kappa shape index (κ2) is 10.4. The lowest BCUT2D eigenvalue weighted by Crippen LogP contribution is -2.27. The van der Waals surface area contributed by atoms with Crippen LogP contribution in [-0.4, -0.2) is 27.0 Å². The maximum absolute atomic E-state index is 12.8. The van der Waals surface area contributed by atoms with E-state index in [1.807, 2.05) is 0 Å². The molecule has 0 aliphatic carbocycles. The number of carbonyl (C=O) groups is 3. The van der Waals surface area contributed by atoms with Gasteiger partial charge in [0.1, 0.15) is 5.75 Å². The number of hydrogen-bond acceptors (Lipinski definition) is 9. The SMILES string of the molecule is O=C(Oc1ccc(/C=C2\SC(=O)N(c3ccc(Cl)c(Cl)c3)C2=O)cc1)c1cc([N+](=O)[O-])cc([N+](=O)[O-])c1. The van der Waals surface area contributed by atoms with Gasteiger partial charge in [0.15, 0.2) is 0 Å². The van der Waals surface area contributed by atoms with Crippen molar-refractivity contribution >= 4 is 75.2 Å². The fraction of sp³-hybridized carbons (Fsp3) is 0. The molecule has 186 valence electrons. The van der Waals surface area contributed by atoms with Crippen molar-refractivity contribution in [3.63, 3.8) is 0 Å². The number of nitro groups is 2. The fourth-order valence-electron chi connectivity index (χ4n) is 3.19. The minimum absolute atomic E-state index is 0.0419. The summed E-state index contributed by atoms with van der Waals surface area (Å²) in [5, 5.41) is 22.0. The van der Waals surface area contributed by atoms with Crippen LogP contribution >= 0.6 is 35.0 Å². The van der Waals surface area contributed by atoms with E-state index in [1.54, 1.807) is 0 Å². The minimum Gasteiger partial charge on any atom is -0.423 e. The molecule has 2 amide bonds. The minimum atomic E-state index is -1.04. The van der Waals surface area contributed by atoms with Gasteiger partial charge in [-0.05, 0) is 53.7 Å². The van der Waals surface area contributed by atoms with Crippen LogP contribution in [0.2, 0.25) is 10.0 Å². The number of ether oxygens (including phenoxy) is 1. The summed E-state index contributed by atoms with van der Waals surface area (Å²) in [4.78, 5) is 59.1. The molecule has 3 aromatic carbocycles. The molecule has 1 saturated heterocycles. The molecule has 4 rings (SSSR count). The zero-order valence-electron chi connectivity index (χ0n) is 18.1. The molecule has 1 aliphatic rings. The molecule has 0 aromatic heterocycles. The predicted octanol–water partition coefficient (Wildman–Crippen LogP) is 6.27. The number of halogens is 2. The largest absolute Gasteiger partial charge is 0.423 e. The molecule has 3 aromatic rings. The van der Waals surface area contributed by atoms with Crippen LogP contribution in [0.25, 0.3) is 6.08 Å². The van der Waals surface area contributed by atoms with E-state index < -0.39 is 38.3 Å². The second-order valence-electron chi connectivity index (χ2n) is 7.33. The Balaban J connectivity index is 1.51. The fourth-order valence-corrected chi connectivity index (χ4v) is 4.32. The summed E-state index contributed by atoms with van der Waals surface area (Å²) in [7, 11) is 0. The molecule has 0 spiro atoms. The molecule has 1 heterocycles. The highest BCUT2D eigenvalue weighted by atomic mass is 35.5. The first-order valence-electron chi connectivity index (χ1n) is 10.0. The quantitative estimate of drug-likeness (QED) is 0.112.